The van der Waals surface area contributed by atoms with Gasteiger partial charge >= 0.3 is 5.97 Å². The van der Waals surface area contributed by atoms with Crippen LogP contribution in [0.4, 0.5) is 0 Å². The van der Waals surface area contributed by atoms with Crippen LogP contribution in [0.2, 0.25) is 0 Å². The Morgan fingerprint density at radius 2 is 1.88 bits per heavy atom. The third-order valence-corrected chi connectivity index (χ3v) is 4.39. The van der Waals surface area contributed by atoms with Gasteiger partial charge in [0.1, 0.15) is 5.69 Å². The fourth-order valence-electron chi connectivity index (χ4n) is 2.60. The van der Waals surface area contributed by atoms with Gasteiger partial charge in [0.2, 0.25) is 0 Å². The number of nitrogens with one attached hydrogen (secondary N) is 2. The lowest BCUT2D eigenvalue weighted by Gasteiger charge is -2.15. The standard InChI is InChI=1S/C18H21BrN2O3/c1-5-24-18(23)16-10(2)15(12(4)20-16)17(22)21-11(3)13-6-8-14(19)9-7-13/h6-9,11,20H,5H2,1-4H3,(H,21,22). The van der Waals surface area contributed by atoms with Gasteiger partial charge in [-0.1, -0.05) is 28.1 Å². The molecule has 128 valence electrons. The predicted octanol–water partition coefficient (Wildman–Crippen LogP) is 4.06. The van der Waals surface area contributed by atoms with E-state index in [9.17, 15) is 9.59 Å². The molecule has 1 aromatic carbocycles. The predicted molar refractivity (Wildman–Crippen MR) is 96.2 cm³/mol. The molecule has 1 aromatic heterocycles. The van der Waals surface area contributed by atoms with Crippen LogP contribution >= 0.6 is 15.9 Å². The summed E-state index contributed by atoms with van der Waals surface area (Å²) in [5, 5.41) is 2.97. The SMILES string of the molecule is CCOC(=O)c1[nH]c(C)c(C(=O)NC(C)c2ccc(Br)cc2)c1C. The summed E-state index contributed by atoms with van der Waals surface area (Å²) in [7, 11) is 0. The van der Waals surface area contributed by atoms with Gasteiger partial charge in [-0.15, -0.1) is 0 Å². The summed E-state index contributed by atoms with van der Waals surface area (Å²) in [4.78, 5) is 27.5. The first kappa shape index (κ1) is 18.3. The number of aromatic amines is 1. The Morgan fingerprint density at radius 1 is 1.25 bits per heavy atom. The van der Waals surface area contributed by atoms with Gasteiger partial charge in [0.25, 0.3) is 5.91 Å². The zero-order valence-corrected chi connectivity index (χ0v) is 15.8. The third kappa shape index (κ3) is 3.87. The molecule has 0 saturated carbocycles. The maximum atomic E-state index is 12.6. The van der Waals surface area contributed by atoms with Crippen LogP contribution in [0.1, 0.15) is 57.6 Å². The summed E-state index contributed by atoms with van der Waals surface area (Å²) in [5.41, 5.74) is 3.07. The normalized spacial score (nSPS) is 11.9. The number of carbonyl (C=O) groups is 2. The molecular weight excluding hydrogens is 372 g/mol. The molecule has 0 radical (unpaired) electrons. The fourth-order valence-corrected chi connectivity index (χ4v) is 2.87. The Bertz CT molecular complexity index is 750. The number of carbonyl (C=O) groups excluding carboxylic acids is 2. The summed E-state index contributed by atoms with van der Waals surface area (Å²) < 4.78 is 6.00. The number of aromatic nitrogens is 1. The Kier molecular flexibility index (Phi) is 5.83. The van der Waals surface area contributed by atoms with E-state index in [1.54, 1.807) is 20.8 Å². The van der Waals surface area contributed by atoms with Crippen molar-refractivity contribution in [2.45, 2.75) is 33.7 Å². The van der Waals surface area contributed by atoms with Crippen molar-refractivity contribution >= 4 is 27.8 Å². The summed E-state index contributed by atoms with van der Waals surface area (Å²) in [6.45, 7) is 7.48. The van der Waals surface area contributed by atoms with Gasteiger partial charge in [0, 0.05) is 10.2 Å². The van der Waals surface area contributed by atoms with E-state index in [1.165, 1.54) is 0 Å². The first-order chi connectivity index (χ1) is 11.3. The fraction of sp³-hybridized carbons (Fsp3) is 0.333. The number of ether oxygens (including phenoxy) is 1. The topological polar surface area (TPSA) is 71.2 Å². The number of hydrogen-bond donors (Lipinski definition) is 2. The van der Waals surface area contributed by atoms with Crippen molar-refractivity contribution < 1.29 is 14.3 Å². The molecule has 1 heterocycles. The molecule has 0 spiro atoms. The minimum atomic E-state index is -0.446. The molecule has 0 bridgehead atoms. The minimum Gasteiger partial charge on any atom is -0.461 e. The first-order valence-electron chi connectivity index (χ1n) is 7.77. The van der Waals surface area contributed by atoms with Crippen molar-refractivity contribution in [3.05, 3.63) is 56.8 Å². The lowest BCUT2D eigenvalue weighted by molar-refractivity contribution is 0.0519. The van der Waals surface area contributed by atoms with E-state index < -0.39 is 5.97 Å². The molecule has 2 aromatic rings. The van der Waals surface area contributed by atoms with E-state index in [1.807, 2.05) is 31.2 Å². The smallest absolute Gasteiger partial charge is 0.355 e. The highest BCUT2D eigenvalue weighted by Crippen LogP contribution is 2.21. The third-order valence-electron chi connectivity index (χ3n) is 3.86. The van der Waals surface area contributed by atoms with Crippen LogP contribution in [-0.2, 0) is 4.74 Å². The highest BCUT2D eigenvalue weighted by molar-refractivity contribution is 9.10. The number of halogens is 1. The zero-order chi connectivity index (χ0) is 17.9. The Balaban J connectivity index is 2.20. The van der Waals surface area contributed by atoms with Gasteiger partial charge in [0.05, 0.1) is 18.2 Å². The molecule has 1 atom stereocenters. The maximum absolute atomic E-state index is 12.6. The van der Waals surface area contributed by atoms with Gasteiger partial charge in [-0.2, -0.15) is 0 Å². The largest absolute Gasteiger partial charge is 0.461 e. The lowest BCUT2D eigenvalue weighted by Crippen LogP contribution is -2.27. The monoisotopic (exact) mass is 392 g/mol. The van der Waals surface area contributed by atoms with E-state index in [0.717, 1.165) is 10.0 Å². The highest BCUT2D eigenvalue weighted by atomic mass is 79.9. The summed E-state index contributed by atoms with van der Waals surface area (Å²) in [6.07, 6.45) is 0. The van der Waals surface area contributed by atoms with Crippen molar-refractivity contribution in [2.24, 2.45) is 0 Å². The van der Waals surface area contributed by atoms with Gasteiger partial charge < -0.3 is 15.0 Å². The van der Waals surface area contributed by atoms with Crippen LogP contribution in [0, 0.1) is 13.8 Å². The van der Waals surface area contributed by atoms with Crippen LogP contribution < -0.4 is 5.32 Å². The second kappa shape index (κ2) is 7.66. The Morgan fingerprint density at radius 3 is 2.46 bits per heavy atom. The average molecular weight is 393 g/mol. The van der Waals surface area contributed by atoms with Crippen LogP contribution in [0.3, 0.4) is 0 Å². The van der Waals surface area contributed by atoms with Gasteiger partial charge in [-0.05, 0) is 51.0 Å². The number of rotatable bonds is 5. The second-order valence-corrected chi connectivity index (χ2v) is 6.51. The first-order valence-corrected chi connectivity index (χ1v) is 8.57. The Hall–Kier alpha value is -2.08. The van der Waals surface area contributed by atoms with E-state index >= 15 is 0 Å². The molecule has 5 nitrogen and oxygen atoms in total. The second-order valence-electron chi connectivity index (χ2n) is 5.59. The molecule has 0 aliphatic heterocycles. The molecular formula is C18H21BrN2O3. The molecule has 6 heteroatoms. The molecule has 0 aliphatic rings. The summed E-state index contributed by atoms with van der Waals surface area (Å²) >= 11 is 3.39. The van der Waals surface area contributed by atoms with E-state index in [2.05, 4.69) is 26.2 Å². The van der Waals surface area contributed by atoms with Crippen molar-refractivity contribution in [2.75, 3.05) is 6.61 Å². The number of H-pyrrole nitrogens is 1. The molecule has 24 heavy (non-hydrogen) atoms. The van der Waals surface area contributed by atoms with E-state index in [0.29, 0.717) is 29.1 Å². The lowest BCUT2D eigenvalue weighted by atomic mass is 10.1. The number of esters is 1. The molecule has 0 aliphatic carbocycles. The van der Waals surface area contributed by atoms with Crippen LogP contribution in [0.25, 0.3) is 0 Å². The number of aryl methyl sites for hydroxylation is 1. The minimum absolute atomic E-state index is 0.148. The van der Waals surface area contributed by atoms with Gasteiger partial charge in [-0.25, -0.2) is 4.79 Å². The summed E-state index contributed by atoms with van der Waals surface area (Å²) in [5.74, 6) is -0.662. The van der Waals surface area contributed by atoms with Crippen molar-refractivity contribution in [3.63, 3.8) is 0 Å². The molecule has 2 rings (SSSR count). The van der Waals surface area contributed by atoms with Crippen LogP contribution in [-0.4, -0.2) is 23.5 Å². The van der Waals surface area contributed by atoms with Crippen molar-refractivity contribution in [1.82, 2.24) is 10.3 Å². The number of benzene rings is 1. The zero-order valence-electron chi connectivity index (χ0n) is 14.2. The van der Waals surface area contributed by atoms with Crippen molar-refractivity contribution in [3.8, 4) is 0 Å². The maximum Gasteiger partial charge on any atom is 0.355 e. The molecule has 1 unspecified atom stereocenters. The van der Waals surface area contributed by atoms with Gasteiger partial charge in [0.15, 0.2) is 0 Å². The molecule has 0 saturated heterocycles. The molecule has 2 N–H and O–H groups in total. The Labute approximate surface area is 149 Å². The van der Waals surface area contributed by atoms with Crippen LogP contribution in [0.5, 0.6) is 0 Å². The molecule has 1 amide bonds. The molecule has 0 fully saturated rings. The van der Waals surface area contributed by atoms with E-state index in [-0.39, 0.29) is 11.9 Å². The van der Waals surface area contributed by atoms with E-state index in [4.69, 9.17) is 4.74 Å². The number of hydrogen-bond acceptors (Lipinski definition) is 3. The van der Waals surface area contributed by atoms with Gasteiger partial charge in [-0.3, -0.25) is 4.79 Å². The number of amides is 1. The quantitative estimate of drug-likeness (QED) is 0.753. The highest BCUT2D eigenvalue weighted by Gasteiger charge is 2.23. The average Bonchev–Trinajstić information content (AvgIpc) is 2.83. The van der Waals surface area contributed by atoms with Crippen LogP contribution in [0.15, 0.2) is 28.7 Å². The van der Waals surface area contributed by atoms with Crippen molar-refractivity contribution in [1.29, 1.82) is 0 Å². The summed E-state index contributed by atoms with van der Waals surface area (Å²) in [6, 6.07) is 7.63.